The first-order valence-corrected chi connectivity index (χ1v) is 6.86. The Morgan fingerprint density at radius 2 is 1.95 bits per heavy atom. The molecule has 4 rings (SSSR count). The van der Waals surface area contributed by atoms with Gasteiger partial charge in [0.2, 0.25) is 0 Å². The molecular weight excluding hydrogens is 240 g/mol. The molecule has 0 amide bonds. The minimum atomic E-state index is 0.621. The fraction of sp³-hybridized carbons (Fsp3) is 0.400. The summed E-state index contributed by atoms with van der Waals surface area (Å²) in [5, 5.41) is 0. The van der Waals surface area contributed by atoms with E-state index in [0.717, 1.165) is 35.7 Å². The third-order valence-electron chi connectivity index (χ3n) is 3.75. The topological polar surface area (TPSA) is 36.3 Å². The van der Waals surface area contributed by atoms with Crippen molar-refractivity contribution >= 4 is 0 Å². The minimum Gasteiger partial charge on any atom is -0.486 e. The van der Waals surface area contributed by atoms with E-state index in [1.165, 1.54) is 18.7 Å². The molecule has 3 heterocycles. The van der Waals surface area contributed by atoms with Gasteiger partial charge in [-0.3, -0.25) is 0 Å². The van der Waals surface area contributed by atoms with E-state index in [4.69, 9.17) is 14.5 Å². The van der Waals surface area contributed by atoms with Crippen LogP contribution in [0.1, 0.15) is 18.7 Å². The summed E-state index contributed by atoms with van der Waals surface area (Å²) in [6.07, 6.45) is 5.74. The van der Waals surface area contributed by atoms with E-state index >= 15 is 0 Å². The molecule has 0 saturated carbocycles. The van der Waals surface area contributed by atoms with Crippen LogP contribution < -0.4 is 9.47 Å². The maximum Gasteiger partial charge on any atom is 0.162 e. The molecule has 0 spiro atoms. The predicted octanol–water partition coefficient (Wildman–Crippen LogP) is 2.66. The molecule has 0 aliphatic carbocycles. The van der Waals surface area contributed by atoms with Crippen molar-refractivity contribution < 1.29 is 9.47 Å². The van der Waals surface area contributed by atoms with Crippen molar-refractivity contribution in [1.29, 1.82) is 0 Å². The highest BCUT2D eigenvalue weighted by Gasteiger charge is 2.16. The molecular formula is C15H16N2O2. The maximum absolute atomic E-state index is 5.63. The lowest BCUT2D eigenvalue weighted by Gasteiger charge is -2.18. The zero-order valence-corrected chi connectivity index (χ0v) is 10.8. The highest BCUT2D eigenvalue weighted by molar-refractivity contribution is 5.64. The largest absolute Gasteiger partial charge is 0.486 e. The number of hydrogen-bond donors (Lipinski definition) is 0. The molecule has 0 fully saturated rings. The van der Waals surface area contributed by atoms with Crippen molar-refractivity contribution in [2.24, 2.45) is 0 Å². The van der Waals surface area contributed by atoms with Gasteiger partial charge >= 0.3 is 0 Å². The van der Waals surface area contributed by atoms with E-state index in [-0.39, 0.29) is 0 Å². The van der Waals surface area contributed by atoms with Crippen LogP contribution in [0.4, 0.5) is 0 Å². The van der Waals surface area contributed by atoms with Crippen molar-refractivity contribution in [3.8, 4) is 22.8 Å². The summed E-state index contributed by atoms with van der Waals surface area (Å²) in [6.45, 7) is 2.34. The number of ether oxygens (including phenoxy) is 2. The Balaban J connectivity index is 1.73. The number of benzene rings is 1. The first-order valence-electron chi connectivity index (χ1n) is 6.86. The SMILES string of the molecule is c1cc2c(cc1-c1cn3c(n1)CCCC3)OCCO2. The van der Waals surface area contributed by atoms with Crippen molar-refractivity contribution in [3.05, 3.63) is 30.2 Å². The van der Waals surface area contributed by atoms with Gasteiger partial charge in [-0.15, -0.1) is 0 Å². The molecule has 2 aromatic rings. The van der Waals surface area contributed by atoms with Gasteiger partial charge in [0.15, 0.2) is 11.5 Å². The van der Waals surface area contributed by atoms with Crippen LogP contribution in [0.5, 0.6) is 11.5 Å². The number of hydrogen-bond acceptors (Lipinski definition) is 3. The van der Waals surface area contributed by atoms with Gasteiger partial charge in [0.25, 0.3) is 0 Å². The average Bonchev–Trinajstić information content (AvgIpc) is 2.90. The Morgan fingerprint density at radius 3 is 2.84 bits per heavy atom. The van der Waals surface area contributed by atoms with Gasteiger partial charge in [-0.25, -0.2) is 4.98 Å². The van der Waals surface area contributed by atoms with E-state index in [2.05, 4.69) is 16.8 Å². The molecule has 0 bridgehead atoms. The molecule has 98 valence electrons. The Morgan fingerprint density at radius 1 is 1.05 bits per heavy atom. The lowest BCUT2D eigenvalue weighted by atomic mass is 10.1. The van der Waals surface area contributed by atoms with Crippen LogP contribution in [-0.4, -0.2) is 22.8 Å². The van der Waals surface area contributed by atoms with Crippen LogP contribution in [0, 0.1) is 0 Å². The van der Waals surface area contributed by atoms with Gasteiger partial charge in [-0.2, -0.15) is 0 Å². The third-order valence-corrected chi connectivity index (χ3v) is 3.75. The van der Waals surface area contributed by atoms with Crippen LogP contribution in [0.15, 0.2) is 24.4 Å². The molecule has 1 aromatic carbocycles. The molecule has 0 unspecified atom stereocenters. The monoisotopic (exact) mass is 256 g/mol. The lowest BCUT2D eigenvalue weighted by Crippen LogP contribution is -2.15. The molecule has 4 heteroatoms. The number of aromatic nitrogens is 2. The molecule has 1 aromatic heterocycles. The zero-order chi connectivity index (χ0) is 12.7. The second-order valence-corrected chi connectivity index (χ2v) is 5.05. The lowest BCUT2D eigenvalue weighted by molar-refractivity contribution is 0.171. The normalized spacial score (nSPS) is 17.1. The average molecular weight is 256 g/mol. The standard InChI is InChI=1S/C15H16N2O2/c1-2-6-17-10-12(16-15(17)3-1)11-4-5-13-14(9-11)19-8-7-18-13/h4-5,9-10H,1-3,6-8H2. The fourth-order valence-electron chi connectivity index (χ4n) is 2.75. The van der Waals surface area contributed by atoms with Crippen LogP contribution in [0.2, 0.25) is 0 Å². The van der Waals surface area contributed by atoms with E-state index in [0.29, 0.717) is 13.2 Å². The maximum atomic E-state index is 5.63. The predicted molar refractivity (Wildman–Crippen MR) is 71.6 cm³/mol. The number of aryl methyl sites for hydroxylation is 2. The van der Waals surface area contributed by atoms with Crippen molar-refractivity contribution in [2.45, 2.75) is 25.8 Å². The molecule has 0 atom stereocenters. The van der Waals surface area contributed by atoms with E-state index in [1.807, 2.05) is 12.1 Å². The van der Waals surface area contributed by atoms with Gasteiger partial charge in [-0.05, 0) is 31.0 Å². The quantitative estimate of drug-likeness (QED) is 0.787. The van der Waals surface area contributed by atoms with Crippen LogP contribution in [-0.2, 0) is 13.0 Å². The summed E-state index contributed by atoms with van der Waals surface area (Å²) in [5.41, 5.74) is 2.14. The van der Waals surface area contributed by atoms with Crippen molar-refractivity contribution in [2.75, 3.05) is 13.2 Å². The Hall–Kier alpha value is -1.97. The van der Waals surface area contributed by atoms with E-state index < -0.39 is 0 Å². The smallest absolute Gasteiger partial charge is 0.162 e. The first kappa shape index (κ1) is 10.9. The second-order valence-electron chi connectivity index (χ2n) is 5.05. The van der Waals surface area contributed by atoms with Gasteiger partial charge in [0.05, 0.1) is 5.69 Å². The Labute approximate surface area is 112 Å². The van der Waals surface area contributed by atoms with Gasteiger partial charge < -0.3 is 14.0 Å². The second kappa shape index (κ2) is 4.30. The Kier molecular flexibility index (Phi) is 2.47. The first-order chi connectivity index (χ1) is 9.40. The third kappa shape index (κ3) is 1.87. The number of fused-ring (bicyclic) bond motifs is 2. The summed E-state index contributed by atoms with van der Waals surface area (Å²) in [6, 6.07) is 6.06. The molecule has 0 radical (unpaired) electrons. The molecule has 0 N–H and O–H groups in total. The van der Waals surface area contributed by atoms with E-state index in [9.17, 15) is 0 Å². The molecule has 4 nitrogen and oxygen atoms in total. The number of imidazole rings is 1. The van der Waals surface area contributed by atoms with E-state index in [1.54, 1.807) is 0 Å². The highest BCUT2D eigenvalue weighted by Crippen LogP contribution is 2.34. The van der Waals surface area contributed by atoms with Gasteiger partial charge in [0, 0.05) is 24.7 Å². The van der Waals surface area contributed by atoms with Gasteiger partial charge in [0.1, 0.15) is 19.0 Å². The van der Waals surface area contributed by atoms with Crippen molar-refractivity contribution in [1.82, 2.24) is 9.55 Å². The minimum absolute atomic E-state index is 0.621. The molecule has 19 heavy (non-hydrogen) atoms. The summed E-state index contributed by atoms with van der Waals surface area (Å²) in [4.78, 5) is 4.74. The summed E-state index contributed by atoms with van der Waals surface area (Å²) in [7, 11) is 0. The summed E-state index contributed by atoms with van der Waals surface area (Å²) < 4.78 is 13.4. The molecule has 2 aliphatic rings. The molecule has 2 aliphatic heterocycles. The molecule has 0 saturated heterocycles. The number of nitrogens with zero attached hydrogens (tertiary/aromatic N) is 2. The van der Waals surface area contributed by atoms with Crippen LogP contribution in [0.25, 0.3) is 11.3 Å². The number of rotatable bonds is 1. The Bertz CT molecular complexity index is 595. The fourth-order valence-corrected chi connectivity index (χ4v) is 2.75. The summed E-state index contributed by atoms with van der Waals surface area (Å²) in [5.74, 6) is 2.87. The van der Waals surface area contributed by atoms with Crippen LogP contribution >= 0.6 is 0 Å². The van der Waals surface area contributed by atoms with Crippen molar-refractivity contribution in [3.63, 3.8) is 0 Å². The zero-order valence-electron chi connectivity index (χ0n) is 10.8. The van der Waals surface area contributed by atoms with Gasteiger partial charge in [-0.1, -0.05) is 0 Å². The van der Waals surface area contributed by atoms with Crippen LogP contribution in [0.3, 0.4) is 0 Å². The highest BCUT2D eigenvalue weighted by atomic mass is 16.6. The summed E-state index contributed by atoms with van der Waals surface area (Å²) >= 11 is 0.